The maximum Gasteiger partial charge on any atom is 0.231 e. The fourth-order valence-electron chi connectivity index (χ4n) is 2.39. The van der Waals surface area contributed by atoms with Crippen LogP contribution in [0.2, 0.25) is 0 Å². The highest BCUT2D eigenvalue weighted by atomic mass is 32.2. The van der Waals surface area contributed by atoms with Crippen molar-refractivity contribution < 1.29 is 13.6 Å². The lowest BCUT2D eigenvalue weighted by atomic mass is 9.98. The van der Waals surface area contributed by atoms with Crippen molar-refractivity contribution in [2.45, 2.75) is 37.5 Å². The molecule has 1 aromatic rings. The van der Waals surface area contributed by atoms with Gasteiger partial charge in [-0.2, -0.15) is 5.26 Å². The number of benzene rings is 1. The van der Waals surface area contributed by atoms with Crippen LogP contribution >= 0.6 is 11.8 Å². The number of halogens is 2. The minimum atomic E-state index is -0.843. The number of nitriles is 1. The first-order chi connectivity index (χ1) is 10.4. The van der Waals surface area contributed by atoms with Crippen molar-refractivity contribution in [3.05, 3.63) is 35.4 Å². The molecule has 1 amide bonds. The number of carbonyl (C=O) groups is 1. The van der Waals surface area contributed by atoms with Gasteiger partial charge in [-0.25, -0.2) is 8.78 Å². The molecule has 0 spiro atoms. The minimum absolute atomic E-state index is 0.0227. The van der Waals surface area contributed by atoms with Crippen LogP contribution < -0.4 is 5.32 Å². The zero-order valence-corrected chi connectivity index (χ0v) is 13.3. The molecule has 2 rings (SSSR count). The molecule has 1 aromatic carbocycles. The second-order valence-electron chi connectivity index (χ2n) is 5.73. The van der Waals surface area contributed by atoms with Gasteiger partial charge in [-0.3, -0.25) is 4.79 Å². The molecule has 6 heteroatoms. The van der Waals surface area contributed by atoms with Gasteiger partial charge in [0, 0.05) is 10.8 Å². The predicted molar refractivity (Wildman–Crippen MR) is 82.1 cm³/mol. The number of carbonyl (C=O) groups excluding carboxylic acids is 1. The van der Waals surface area contributed by atoms with Crippen molar-refractivity contribution in [2.24, 2.45) is 5.92 Å². The first kappa shape index (κ1) is 16.8. The molecule has 0 aromatic heterocycles. The van der Waals surface area contributed by atoms with Gasteiger partial charge >= 0.3 is 0 Å². The summed E-state index contributed by atoms with van der Waals surface area (Å²) in [6, 6.07) is 5.87. The number of amides is 1. The second kappa shape index (κ2) is 6.66. The fourth-order valence-corrected chi connectivity index (χ4v) is 3.26. The van der Waals surface area contributed by atoms with E-state index in [4.69, 9.17) is 0 Å². The van der Waals surface area contributed by atoms with Crippen LogP contribution in [0.1, 0.15) is 37.5 Å². The fraction of sp³-hybridized carbons (Fsp3) is 0.500. The van der Waals surface area contributed by atoms with E-state index in [-0.39, 0.29) is 23.1 Å². The second-order valence-corrected chi connectivity index (χ2v) is 7.05. The zero-order valence-electron chi connectivity index (χ0n) is 12.5. The van der Waals surface area contributed by atoms with Gasteiger partial charge in [0.25, 0.3) is 0 Å². The van der Waals surface area contributed by atoms with E-state index in [1.165, 1.54) is 18.2 Å². The Morgan fingerprint density at radius 3 is 2.59 bits per heavy atom. The molecule has 2 atom stereocenters. The Labute approximate surface area is 133 Å². The molecule has 1 fully saturated rings. The smallest absolute Gasteiger partial charge is 0.231 e. The van der Waals surface area contributed by atoms with Crippen molar-refractivity contribution in [1.29, 1.82) is 5.26 Å². The molecule has 0 radical (unpaired) electrons. The van der Waals surface area contributed by atoms with Crippen LogP contribution in [0.4, 0.5) is 8.78 Å². The number of nitrogens with zero attached hydrogens (tertiary/aromatic N) is 1. The van der Waals surface area contributed by atoms with E-state index in [9.17, 15) is 18.8 Å². The average molecular weight is 324 g/mol. The van der Waals surface area contributed by atoms with Crippen LogP contribution in [0, 0.1) is 28.9 Å². The average Bonchev–Trinajstić information content (AvgIpc) is 3.30. The SMILES string of the molecule is C[C@H](SCC(=O)N[C@@](C)(C#N)C1CC1)c1c(F)cccc1F. The highest BCUT2D eigenvalue weighted by Gasteiger charge is 2.42. The molecule has 1 saturated carbocycles. The highest BCUT2D eigenvalue weighted by Crippen LogP contribution is 2.39. The third-order valence-corrected chi connectivity index (χ3v) is 5.06. The van der Waals surface area contributed by atoms with Gasteiger partial charge in [0.05, 0.1) is 11.8 Å². The Morgan fingerprint density at radius 1 is 1.50 bits per heavy atom. The predicted octanol–water partition coefficient (Wildman–Crippen LogP) is 3.57. The molecular formula is C16H18F2N2OS. The lowest BCUT2D eigenvalue weighted by molar-refractivity contribution is -0.119. The summed E-state index contributed by atoms with van der Waals surface area (Å²) in [6.45, 7) is 3.37. The number of rotatable bonds is 6. The maximum absolute atomic E-state index is 13.7. The van der Waals surface area contributed by atoms with E-state index in [1.807, 2.05) is 0 Å². The van der Waals surface area contributed by atoms with Gasteiger partial charge in [0.2, 0.25) is 5.91 Å². The number of nitrogens with one attached hydrogen (secondary N) is 1. The van der Waals surface area contributed by atoms with Crippen molar-refractivity contribution >= 4 is 17.7 Å². The monoisotopic (exact) mass is 324 g/mol. The van der Waals surface area contributed by atoms with Crippen molar-refractivity contribution in [2.75, 3.05) is 5.75 Å². The van der Waals surface area contributed by atoms with E-state index in [2.05, 4.69) is 11.4 Å². The molecule has 0 aliphatic heterocycles. The van der Waals surface area contributed by atoms with Gasteiger partial charge in [-0.05, 0) is 44.7 Å². The van der Waals surface area contributed by atoms with Crippen LogP contribution in [-0.4, -0.2) is 17.2 Å². The summed E-state index contributed by atoms with van der Waals surface area (Å²) in [5.41, 5.74) is -0.866. The Balaban J connectivity index is 1.92. The van der Waals surface area contributed by atoms with Gasteiger partial charge in [-0.15, -0.1) is 11.8 Å². The molecule has 3 nitrogen and oxygen atoms in total. The Hall–Kier alpha value is -1.61. The third-order valence-electron chi connectivity index (χ3n) is 3.90. The lowest BCUT2D eigenvalue weighted by Crippen LogP contribution is -2.47. The Kier molecular flexibility index (Phi) is 5.07. The van der Waals surface area contributed by atoms with Gasteiger partial charge in [0.1, 0.15) is 17.2 Å². The topological polar surface area (TPSA) is 52.9 Å². The zero-order chi connectivity index (χ0) is 16.3. The van der Waals surface area contributed by atoms with Crippen LogP contribution in [-0.2, 0) is 4.79 Å². The third kappa shape index (κ3) is 3.77. The quantitative estimate of drug-likeness (QED) is 0.870. The van der Waals surface area contributed by atoms with E-state index in [0.717, 1.165) is 24.6 Å². The Morgan fingerprint density at radius 2 is 2.09 bits per heavy atom. The molecule has 0 bridgehead atoms. The molecule has 0 heterocycles. The molecule has 1 N–H and O–H groups in total. The van der Waals surface area contributed by atoms with Crippen molar-refractivity contribution in [3.63, 3.8) is 0 Å². The summed E-state index contributed by atoms with van der Waals surface area (Å²) < 4.78 is 27.3. The lowest BCUT2D eigenvalue weighted by Gasteiger charge is -2.23. The van der Waals surface area contributed by atoms with Crippen LogP contribution in [0.3, 0.4) is 0 Å². The van der Waals surface area contributed by atoms with Crippen molar-refractivity contribution in [3.8, 4) is 6.07 Å². The molecule has 118 valence electrons. The largest absolute Gasteiger partial charge is 0.337 e. The molecule has 1 aliphatic rings. The normalized spacial score (nSPS) is 18.1. The molecule has 0 saturated heterocycles. The maximum atomic E-state index is 13.7. The highest BCUT2D eigenvalue weighted by molar-refractivity contribution is 8.00. The summed E-state index contributed by atoms with van der Waals surface area (Å²) in [5.74, 6) is -1.25. The standard InChI is InChI=1S/C16H18F2N2OS/c1-10(15-12(17)4-3-5-13(15)18)22-8-14(21)20-16(2,9-19)11-6-7-11/h3-5,10-11H,6-8H2,1-2H3,(H,20,21)/t10-,16-/m0/s1. The molecule has 22 heavy (non-hydrogen) atoms. The Bertz CT molecular complexity index is 592. The number of hydrogen-bond donors (Lipinski definition) is 1. The number of hydrogen-bond acceptors (Lipinski definition) is 3. The molecular weight excluding hydrogens is 306 g/mol. The minimum Gasteiger partial charge on any atom is -0.337 e. The van der Waals surface area contributed by atoms with Crippen molar-refractivity contribution in [1.82, 2.24) is 5.32 Å². The molecule has 0 unspecified atom stereocenters. The summed E-state index contributed by atoms with van der Waals surface area (Å²) in [4.78, 5) is 12.0. The van der Waals surface area contributed by atoms with Crippen LogP contribution in [0.5, 0.6) is 0 Å². The summed E-state index contributed by atoms with van der Waals surface area (Å²) in [5, 5.41) is 11.4. The molecule has 1 aliphatic carbocycles. The van der Waals surface area contributed by atoms with Gasteiger partial charge in [-0.1, -0.05) is 6.07 Å². The first-order valence-corrected chi connectivity index (χ1v) is 8.20. The van der Waals surface area contributed by atoms with Crippen LogP contribution in [0.25, 0.3) is 0 Å². The number of thioether (sulfide) groups is 1. The summed E-state index contributed by atoms with van der Waals surface area (Å²) in [6.07, 6.45) is 1.88. The van der Waals surface area contributed by atoms with E-state index >= 15 is 0 Å². The van der Waals surface area contributed by atoms with E-state index in [0.29, 0.717) is 0 Å². The van der Waals surface area contributed by atoms with E-state index in [1.54, 1.807) is 13.8 Å². The first-order valence-electron chi connectivity index (χ1n) is 7.15. The van der Waals surface area contributed by atoms with E-state index < -0.39 is 22.4 Å². The summed E-state index contributed by atoms with van der Waals surface area (Å²) >= 11 is 1.15. The van der Waals surface area contributed by atoms with Gasteiger partial charge < -0.3 is 5.32 Å². The van der Waals surface area contributed by atoms with Crippen LogP contribution in [0.15, 0.2) is 18.2 Å². The summed E-state index contributed by atoms with van der Waals surface area (Å²) in [7, 11) is 0. The van der Waals surface area contributed by atoms with Gasteiger partial charge in [0.15, 0.2) is 0 Å².